The molecule has 148 valence electrons. The third kappa shape index (κ3) is 5.18. The monoisotopic (exact) mass is 432 g/mol. The van der Waals surface area contributed by atoms with Crippen molar-refractivity contribution < 1.29 is 14.3 Å². The predicted molar refractivity (Wildman–Crippen MR) is 105 cm³/mol. The standard InChI is InChI=1S/C15H20N6O3S2.ClH/c1-2-24-11(22)10-25-14-20-19-13(26-14)18-12(23)15(4-7-16-8-5-15)21-9-3-6-17-21;/h3,6,9,16H,2,4-5,7-8,10H2,1H3,(H,18,19,23);1H. The van der Waals surface area contributed by atoms with Crippen LogP contribution in [-0.4, -0.2) is 57.3 Å². The van der Waals surface area contributed by atoms with E-state index in [-0.39, 0.29) is 30.0 Å². The van der Waals surface area contributed by atoms with Gasteiger partial charge in [0.25, 0.3) is 5.91 Å². The number of amides is 1. The summed E-state index contributed by atoms with van der Waals surface area (Å²) < 4.78 is 7.21. The van der Waals surface area contributed by atoms with Gasteiger partial charge in [0.15, 0.2) is 4.34 Å². The summed E-state index contributed by atoms with van der Waals surface area (Å²) >= 11 is 2.48. The molecule has 3 heterocycles. The fourth-order valence-electron chi connectivity index (χ4n) is 2.78. The van der Waals surface area contributed by atoms with Crippen molar-refractivity contribution in [3.05, 3.63) is 18.5 Å². The summed E-state index contributed by atoms with van der Waals surface area (Å²) in [5, 5.41) is 18.8. The number of anilines is 1. The lowest BCUT2D eigenvalue weighted by molar-refractivity contribution is -0.139. The number of hydrogen-bond donors (Lipinski definition) is 2. The summed E-state index contributed by atoms with van der Waals surface area (Å²) in [7, 11) is 0. The Labute approximate surface area is 171 Å². The SMILES string of the molecule is CCOC(=O)CSc1nnc(NC(=O)C2(n3cccn3)CCNCC2)s1.Cl. The minimum absolute atomic E-state index is 0. The Morgan fingerprint density at radius 1 is 1.41 bits per heavy atom. The van der Waals surface area contributed by atoms with Crippen LogP contribution in [0.4, 0.5) is 5.13 Å². The Kier molecular flexibility index (Phi) is 8.02. The third-order valence-electron chi connectivity index (χ3n) is 4.04. The van der Waals surface area contributed by atoms with Crippen molar-refractivity contribution >= 4 is 52.5 Å². The van der Waals surface area contributed by atoms with E-state index in [1.54, 1.807) is 17.8 Å². The van der Waals surface area contributed by atoms with Gasteiger partial charge in [0.2, 0.25) is 5.13 Å². The second-order valence-electron chi connectivity index (χ2n) is 5.65. The lowest BCUT2D eigenvalue weighted by Gasteiger charge is -2.36. The summed E-state index contributed by atoms with van der Waals surface area (Å²) in [6, 6.07) is 1.81. The molecule has 1 aliphatic heterocycles. The van der Waals surface area contributed by atoms with Gasteiger partial charge in [0.1, 0.15) is 5.54 Å². The van der Waals surface area contributed by atoms with E-state index in [1.807, 2.05) is 12.3 Å². The zero-order chi connectivity index (χ0) is 18.4. The van der Waals surface area contributed by atoms with Gasteiger partial charge >= 0.3 is 5.97 Å². The topological polar surface area (TPSA) is 111 Å². The van der Waals surface area contributed by atoms with Crippen LogP contribution in [-0.2, 0) is 19.9 Å². The molecule has 1 fully saturated rings. The number of hydrogen-bond acceptors (Lipinski definition) is 9. The molecule has 0 saturated carbocycles. The molecule has 27 heavy (non-hydrogen) atoms. The van der Waals surface area contributed by atoms with Crippen LogP contribution in [0.5, 0.6) is 0 Å². The molecule has 2 aromatic heterocycles. The highest BCUT2D eigenvalue weighted by atomic mass is 35.5. The highest BCUT2D eigenvalue weighted by molar-refractivity contribution is 8.01. The number of piperidine rings is 1. The molecular formula is C15H21ClN6O3S2. The molecule has 0 radical (unpaired) electrons. The van der Waals surface area contributed by atoms with Crippen LogP contribution in [0, 0.1) is 0 Å². The Bertz CT molecular complexity index is 749. The van der Waals surface area contributed by atoms with Gasteiger partial charge in [-0.15, -0.1) is 22.6 Å². The van der Waals surface area contributed by atoms with Gasteiger partial charge in [0.05, 0.1) is 12.4 Å². The number of aromatic nitrogens is 4. The highest BCUT2D eigenvalue weighted by Crippen LogP contribution is 2.31. The molecule has 0 atom stereocenters. The highest BCUT2D eigenvalue weighted by Gasteiger charge is 2.42. The maximum absolute atomic E-state index is 13.0. The molecule has 0 aromatic carbocycles. The molecule has 3 rings (SSSR count). The molecule has 2 N–H and O–H groups in total. The minimum Gasteiger partial charge on any atom is -0.465 e. The second-order valence-corrected chi connectivity index (χ2v) is 7.85. The Balaban J connectivity index is 0.00000261. The summed E-state index contributed by atoms with van der Waals surface area (Å²) in [6.07, 6.45) is 4.77. The zero-order valence-corrected chi connectivity index (χ0v) is 17.2. The van der Waals surface area contributed by atoms with Crippen molar-refractivity contribution in [2.45, 2.75) is 29.6 Å². The number of thioether (sulfide) groups is 1. The van der Waals surface area contributed by atoms with Crippen LogP contribution < -0.4 is 10.6 Å². The molecule has 2 aromatic rings. The fraction of sp³-hybridized carbons (Fsp3) is 0.533. The molecule has 1 aliphatic rings. The van der Waals surface area contributed by atoms with Gasteiger partial charge in [-0.1, -0.05) is 23.1 Å². The summed E-state index contributed by atoms with van der Waals surface area (Å²) in [5.41, 5.74) is -0.737. The first-order valence-corrected chi connectivity index (χ1v) is 10.1. The summed E-state index contributed by atoms with van der Waals surface area (Å²) in [5.74, 6) is -0.286. The molecule has 9 nitrogen and oxygen atoms in total. The van der Waals surface area contributed by atoms with Crippen molar-refractivity contribution in [2.75, 3.05) is 30.8 Å². The van der Waals surface area contributed by atoms with Gasteiger partial charge in [-0.25, -0.2) is 0 Å². The number of carbonyl (C=O) groups is 2. The Morgan fingerprint density at radius 3 is 2.85 bits per heavy atom. The molecular weight excluding hydrogens is 412 g/mol. The molecule has 12 heteroatoms. The van der Waals surface area contributed by atoms with Gasteiger partial charge in [-0.05, 0) is 38.9 Å². The van der Waals surface area contributed by atoms with Gasteiger partial charge in [-0.3, -0.25) is 19.6 Å². The average molecular weight is 433 g/mol. The number of rotatable bonds is 7. The number of nitrogens with zero attached hydrogens (tertiary/aromatic N) is 4. The van der Waals surface area contributed by atoms with Crippen molar-refractivity contribution in [2.24, 2.45) is 0 Å². The first-order valence-electron chi connectivity index (χ1n) is 8.28. The maximum Gasteiger partial charge on any atom is 0.316 e. The molecule has 1 saturated heterocycles. The molecule has 1 amide bonds. The number of carbonyl (C=O) groups excluding carboxylic acids is 2. The molecule has 0 aliphatic carbocycles. The number of ether oxygens (including phenoxy) is 1. The van der Waals surface area contributed by atoms with E-state index in [0.29, 0.717) is 28.9 Å². The van der Waals surface area contributed by atoms with E-state index in [4.69, 9.17) is 4.74 Å². The summed E-state index contributed by atoms with van der Waals surface area (Å²) in [4.78, 5) is 24.4. The van der Waals surface area contributed by atoms with E-state index in [9.17, 15) is 9.59 Å². The first-order chi connectivity index (χ1) is 12.6. The normalized spacial score (nSPS) is 15.6. The average Bonchev–Trinajstić information content (AvgIpc) is 3.33. The molecule has 0 unspecified atom stereocenters. The van der Waals surface area contributed by atoms with Crippen molar-refractivity contribution in [1.82, 2.24) is 25.3 Å². The van der Waals surface area contributed by atoms with E-state index >= 15 is 0 Å². The number of nitrogens with one attached hydrogen (secondary N) is 2. The van der Waals surface area contributed by atoms with Crippen molar-refractivity contribution in [3.63, 3.8) is 0 Å². The summed E-state index contributed by atoms with van der Waals surface area (Å²) in [6.45, 7) is 3.59. The van der Waals surface area contributed by atoms with Crippen molar-refractivity contribution in [1.29, 1.82) is 0 Å². The predicted octanol–water partition coefficient (Wildman–Crippen LogP) is 1.53. The third-order valence-corrected chi connectivity index (χ3v) is 5.99. The number of halogens is 1. The van der Waals surface area contributed by atoms with E-state index < -0.39 is 5.54 Å². The Hall–Kier alpha value is -1.69. The van der Waals surface area contributed by atoms with E-state index in [2.05, 4.69) is 25.9 Å². The first kappa shape index (κ1) is 21.6. The van der Waals surface area contributed by atoms with Crippen LogP contribution in [0.15, 0.2) is 22.8 Å². The quantitative estimate of drug-likeness (QED) is 0.385. The Morgan fingerprint density at radius 2 is 2.19 bits per heavy atom. The lowest BCUT2D eigenvalue weighted by atomic mass is 9.87. The lowest BCUT2D eigenvalue weighted by Crippen LogP contribution is -2.52. The van der Waals surface area contributed by atoms with Crippen LogP contribution in [0.3, 0.4) is 0 Å². The van der Waals surface area contributed by atoms with Gasteiger partial charge < -0.3 is 10.1 Å². The minimum atomic E-state index is -0.737. The van der Waals surface area contributed by atoms with Crippen LogP contribution >= 0.6 is 35.5 Å². The molecule has 0 bridgehead atoms. The largest absolute Gasteiger partial charge is 0.465 e. The van der Waals surface area contributed by atoms with E-state index in [0.717, 1.165) is 13.1 Å². The van der Waals surface area contributed by atoms with Crippen LogP contribution in [0.25, 0.3) is 0 Å². The van der Waals surface area contributed by atoms with Gasteiger partial charge in [-0.2, -0.15) is 5.10 Å². The zero-order valence-electron chi connectivity index (χ0n) is 14.7. The van der Waals surface area contributed by atoms with Crippen LogP contribution in [0.1, 0.15) is 19.8 Å². The van der Waals surface area contributed by atoms with Gasteiger partial charge in [0, 0.05) is 12.4 Å². The van der Waals surface area contributed by atoms with Crippen LogP contribution in [0.2, 0.25) is 0 Å². The fourth-order valence-corrected chi connectivity index (χ4v) is 4.32. The van der Waals surface area contributed by atoms with Crippen molar-refractivity contribution in [3.8, 4) is 0 Å². The molecule has 0 spiro atoms. The van der Waals surface area contributed by atoms with E-state index in [1.165, 1.54) is 23.1 Å². The smallest absolute Gasteiger partial charge is 0.316 e. The maximum atomic E-state index is 13.0. The number of esters is 1. The second kappa shape index (κ2) is 10.0.